The molecule has 0 bridgehead atoms. The highest BCUT2D eigenvalue weighted by Gasteiger charge is 2.27. The standard InChI is InChI=1S/C23H22FN3O2S2/c1-15-13-19-21(31-15)22(29)27(18-9-7-17(24)8-10-18)23(26-19)30-14-20(28)25-12-11-16-5-3-2-4-6-16/h2-10,15H,11-14H2,1H3,(H,25,28)/t15-/m1/s1. The first-order valence-corrected chi connectivity index (χ1v) is 11.9. The van der Waals surface area contributed by atoms with Crippen LogP contribution < -0.4 is 10.9 Å². The highest BCUT2D eigenvalue weighted by atomic mass is 32.2. The molecule has 2 aromatic carbocycles. The molecule has 0 radical (unpaired) electrons. The van der Waals surface area contributed by atoms with Crippen molar-refractivity contribution in [3.63, 3.8) is 0 Å². The maximum atomic E-state index is 13.4. The molecule has 31 heavy (non-hydrogen) atoms. The van der Waals surface area contributed by atoms with Crippen LogP contribution >= 0.6 is 23.5 Å². The van der Waals surface area contributed by atoms with Crippen molar-refractivity contribution in [3.05, 3.63) is 82.0 Å². The van der Waals surface area contributed by atoms with Crippen molar-refractivity contribution in [1.82, 2.24) is 14.9 Å². The maximum Gasteiger partial charge on any atom is 0.272 e. The van der Waals surface area contributed by atoms with Crippen molar-refractivity contribution in [3.8, 4) is 5.69 Å². The van der Waals surface area contributed by atoms with Crippen LogP contribution in [0.2, 0.25) is 0 Å². The zero-order valence-corrected chi connectivity index (χ0v) is 18.6. The summed E-state index contributed by atoms with van der Waals surface area (Å²) >= 11 is 2.73. The first-order chi connectivity index (χ1) is 15.0. The summed E-state index contributed by atoms with van der Waals surface area (Å²) in [4.78, 5) is 30.9. The molecule has 0 aliphatic carbocycles. The van der Waals surface area contributed by atoms with Gasteiger partial charge in [0.2, 0.25) is 5.91 Å². The van der Waals surface area contributed by atoms with Crippen LogP contribution in [0.3, 0.4) is 0 Å². The smallest absolute Gasteiger partial charge is 0.272 e. The number of thioether (sulfide) groups is 2. The lowest BCUT2D eigenvalue weighted by Gasteiger charge is -2.13. The molecule has 0 unspecified atom stereocenters. The number of aromatic nitrogens is 2. The molecular formula is C23H22FN3O2S2. The molecule has 8 heteroatoms. The van der Waals surface area contributed by atoms with Crippen molar-refractivity contribution < 1.29 is 9.18 Å². The Bertz CT molecular complexity index is 1130. The van der Waals surface area contributed by atoms with Crippen LogP contribution in [0.1, 0.15) is 18.2 Å². The first kappa shape index (κ1) is 21.6. The fraction of sp³-hybridized carbons (Fsp3) is 0.261. The Kier molecular flexibility index (Phi) is 6.77. The second-order valence-electron chi connectivity index (χ2n) is 7.29. The van der Waals surface area contributed by atoms with Gasteiger partial charge in [-0.15, -0.1) is 11.8 Å². The largest absolute Gasteiger partial charge is 0.355 e. The van der Waals surface area contributed by atoms with Crippen molar-refractivity contribution >= 4 is 29.4 Å². The van der Waals surface area contributed by atoms with Gasteiger partial charge in [-0.3, -0.25) is 14.2 Å². The van der Waals surface area contributed by atoms with Gasteiger partial charge in [-0.05, 0) is 36.2 Å². The predicted molar refractivity (Wildman–Crippen MR) is 123 cm³/mol. The molecule has 1 aromatic heterocycles. The quantitative estimate of drug-likeness (QED) is 0.433. The minimum absolute atomic E-state index is 0.121. The van der Waals surface area contributed by atoms with E-state index in [4.69, 9.17) is 4.98 Å². The van der Waals surface area contributed by atoms with Crippen LogP contribution in [0.5, 0.6) is 0 Å². The molecule has 5 nitrogen and oxygen atoms in total. The van der Waals surface area contributed by atoms with Crippen LogP contribution in [0, 0.1) is 5.82 Å². The molecule has 1 aliphatic heterocycles. The molecule has 0 spiro atoms. The van der Waals surface area contributed by atoms with E-state index in [2.05, 4.69) is 12.2 Å². The summed E-state index contributed by atoms with van der Waals surface area (Å²) < 4.78 is 14.9. The fourth-order valence-electron chi connectivity index (χ4n) is 3.39. The lowest BCUT2D eigenvalue weighted by atomic mass is 10.1. The summed E-state index contributed by atoms with van der Waals surface area (Å²) in [6.07, 6.45) is 1.47. The third kappa shape index (κ3) is 5.19. The van der Waals surface area contributed by atoms with Crippen LogP contribution in [-0.2, 0) is 17.6 Å². The van der Waals surface area contributed by atoms with Gasteiger partial charge in [-0.25, -0.2) is 9.37 Å². The molecule has 1 N–H and O–H groups in total. The summed E-state index contributed by atoms with van der Waals surface area (Å²) in [5, 5.41) is 3.64. The topological polar surface area (TPSA) is 64.0 Å². The van der Waals surface area contributed by atoms with E-state index in [1.807, 2.05) is 30.3 Å². The van der Waals surface area contributed by atoms with E-state index in [0.717, 1.165) is 24.1 Å². The highest BCUT2D eigenvalue weighted by Crippen LogP contribution is 2.34. The Morgan fingerprint density at radius 1 is 1.23 bits per heavy atom. The Labute approximate surface area is 188 Å². The van der Waals surface area contributed by atoms with Crippen molar-refractivity contribution in [1.29, 1.82) is 0 Å². The van der Waals surface area contributed by atoms with Crippen molar-refractivity contribution in [2.45, 2.75) is 35.1 Å². The zero-order chi connectivity index (χ0) is 21.8. The Balaban J connectivity index is 1.50. The summed E-state index contributed by atoms with van der Waals surface area (Å²) in [5.41, 5.74) is 2.30. The number of halogens is 1. The zero-order valence-electron chi connectivity index (χ0n) is 17.0. The molecule has 0 saturated heterocycles. The van der Waals surface area contributed by atoms with Gasteiger partial charge in [0.05, 0.1) is 22.0 Å². The van der Waals surface area contributed by atoms with Gasteiger partial charge in [-0.2, -0.15) is 0 Å². The van der Waals surface area contributed by atoms with Crippen LogP contribution in [-0.4, -0.2) is 33.0 Å². The molecule has 160 valence electrons. The molecule has 1 amide bonds. The number of nitrogens with zero attached hydrogens (tertiary/aromatic N) is 2. The normalized spacial score (nSPS) is 15.0. The van der Waals surface area contributed by atoms with Gasteiger partial charge in [0.15, 0.2) is 5.16 Å². The van der Waals surface area contributed by atoms with Crippen LogP contribution in [0.4, 0.5) is 4.39 Å². The molecule has 0 fully saturated rings. The van der Waals surface area contributed by atoms with E-state index in [0.29, 0.717) is 22.3 Å². The van der Waals surface area contributed by atoms with Gasteiger partial charge in [0.1, 0.15) is 5.82 Å². The Hall–Kier alpha value is -2.58. The average molecular weight is 456 g/mol. The molecule has 2 heterocycles. The number of fused-ring (bicyclic) bond motifs is 1. The summed E-state index contributed by atoms with van der Waals surface area (Å²) in [7, 11) is 0. The number of hydrogen-bond donors (Lipinski definition) is 1. The highest BCUT2D eigenvalue weighted by molar-refractivity contribution is 8.00. The number of nitrogens with one attached hydrogen (secondary N) is 1. The first-order valence-electron chi connectivity index (χ1n) is 10.0. The van der Waals surface area contributed by atoms with Gasteiger partial charge in [0, 0.05) is 18.2 Å². The van der Waals surface area contributed by atoms with Gasteiger partial charge >= 0.3 is 0 Å². The summed E-state index contributed by atoms with van der Waals surface area (Å²) in [5.74, 6) is -0.353. The summed E-state index contributed by atoms with van der Waals surface area (Å²) in [6.45, 7) is 2.60. The SMILES string of the molecule is C[C@@H]1Cc2nc(SCC(=O)NCCc3ccccc3)n(-c3ccc(F)cc3)c(=O)c2S1. The number of carbonyl (C=O) groups excluding carboxylic acids is 1. The predicted octanol–water partition coefficient (Wildman–Crippen LogP) is 3.86. The fourth-order valence-corrected chi connectivity index (χ4v) is 5.34. The number of amides is 1. The monoisotopic (exact) mass is 455 g/mol. The van der Waals surface area contributed by atoms with E-state index >= 15 is 0 Å². The third-order valence-corrected chi connectivity index (χ3v) is 7.03. The van der Waals surface area contributed by atoms with Crippen LogP contribution in [0.15, 0.2) is 69.4 Å². The average Bonchev–Trinajstić information content (AvgIpc) is 3.15. The lowest BCUT2D eigenvalue weighted by Crippen LogP contribution is -2.28. The minimum atomic E-state index is -0.374. The number of carbonyl (C=O) groups is 1. The lowest BCUT2D eigenvalue weighted by molar-refractivity contribution is -0.118. The van der Waals surface area contributed by atoms with Crippen LogP contribution in [0.25, 0.3) is 5.69 Å². The van der Waals surface area contributed by atoms with E-state index in [1.54, 1.807) is 12.1 Å². The molecule has 1 atom stereocenters. The second kappa shape index (κ2) is 9.70. The van der Waals surface area contributed by atoms with E-state index in [1.165, 1.54) is 40.2 Å². The molecule has 1 aliphatic rings. The van der Waals surface area contributed by atoms with E-state index < -0.39 is 0 Å². The van der Waals surface area contributed by atoms with Gasteiger partial charge in [0.25, 0.3) is 5.56 Å². The number of hydrogen-bond acceptors (Lipinski definition) is 5. The number of benzene rings is 2. The van der Waals surface area contributed by atoms with Gasteiger partial charge < -0.3 is 5.32 Å². The molecular weight excluding hydrogens is 433 g/mol. The van der Waals surface area contributed by atoms with E-state index in [-0.39, 0.29) is 28.3 Å². The second-order valence-corrected chi connectivity index (χ2v) is 9.69. The minimum Gasteiger partial charge on any atom is -0.355 e. The Morgan fingerprint density at radius 2 is 1.97 bits per heavy atom. The van der Waals surface area contributed by atoms with Crippen molar-refractivity contribution in [2.75, 3.05) is 12.3 Å². The third-order valence-electron chi connectivity index (χ3n) is 4.88. The maximum absolute atomic E-state index is 13.4. The van der Waals surface area contributed by atoms with Gasteiger partial charge in [-0.1, -0.05) is 49.0 Å². The molecule has 4 rings (SSSR count). The molecule has 0 saturated carbocycles. The Morgan fingerprint density at radius 3 is 2.71 bits per heavy atom. The van der Waals surface area contributed by atoms with Crippen molar-refractivity contribution in [2.24, 2.45) is 0 Å². The number of rotatable bonds is 7. The molecule has 3 aromatic rings. The van der Waals surface area contributed by atoms with E-state index in [9.17, 15) is 14.0 Å². The summed E-state index contributed by atoms with van der Waals surface area (Å²) in [6, 6.07) is 15.7.